The number of aliphatic hydroxyl groups is 2. The summed E-state index contributed by atoms with van der Waals surface area (Å²) in [6, 6.07) is 1.32. The topological polar surface area (TPSA) is 211 Å². The summed E-state index contributed by atoms with van der Waals surface area (Å²) in [6.07, 6.45) is -0.448. The van der Waals surface area contributed by atoms with Gasteiger partial charge in [0.05, 0.1) is 36.6 Å². The Labute approximate surface area is 243 Å². The molecule has 1 aromatic heterocycles. The maximum Gasteiger partial charge on any atom is 0.472 e. The van der Waals surface area contributed by atoms with Crippen LogP contribution in [0.2, 0.25) is 10.0 Å². The molecule has 0 saturated carbocycles. The van der Waals surface area contributed by atoms with Crippen LogP contribution in [-0.4, -0.2) is 81.7 Å². The molecule has 1 unspecified atom stereocenters. The molecule has 1 saturated heterocycles. The number of aliphatic hydroxyl groups excluding tert-OH is 2. The Morgan fingerprint density at radius 2 is 2.05 bits per heavy atom. The number of hydrogen-bond donors (Lipinski definition) is 5. The monoisotopic (exact) mass is 641 g/mol. The van der Waals surface area contributed by atoms with Gasteiger partial charge in [0.15, 0.2) is 17.6 Å². The lowest BCUT2D eigenvalue weighted by Crippen LogP contribution is -2.33. The Morgan fingerprint density at radius 3 is 2.71 bits per heavy atom. The minimum Gasteiger partial charge on any atom is -0.503 e. The van der Waals surface area contributed by atoms with Gasteiger partial charge in [0.1, 0.15) is 12.3 Å². The van der Waals surface area contributed by atoms with E-state index in [-0.39, 0.29) is 65.3 Å². The summed E-state index contributed by atoms with van der Waals surface area (Å²) in [6.45, 7) is -0.0365. The molecule has 15 nitrogen and oxygen atoms in total. The Balaban J connectivity index is 1.79. The Kier molecular flexibility index (Phi) is 11.8. The molecule has 0 bridgehead atoms. The predicted molar refractivity (Wildman–Crippen MR) is 146 cm³/mol. The van der Waals surface area contributed by atoms with Crippen LogP contribution in [0.15, 0.2) is 27.0 Å². The quantitative estimate of drug-likeness (QED) is 0.113. The molecule has 5 atom stereocenters. The Bertz CT molecular complexity index is 1400. The first-order valence-electron chi connectivity index (χ1n) is 12.2. The van der Waals surface area contributed by atoms with Crippen LogP contribution in [0.25, 0.3) is 0 Å². The van der Waals surface area contributed by atoms with Crippen molar-refractivity contribution in [1.29, 1.82) is 0 Å². The van der Waals surface area contributed by atoms with E-state index in [9.17, 15) is 29.3 Å². The molecule has 0 radical (unpaired) electrons. The van der Waals surface area contributed by atoms with Gasteiger partial charge in [-0.15, -0.1) is 0 Å². The summed E-state index contributed by atoms with van der Waals surface area (Å²) in [5.41, 5.74) is -0.978. The molecule has 1 aliphatic rings. The zero-order chi connectivity index (χ0) is 30.3. The van der Waals surface area contributed by atoms with Crippen molar-refractivity contribution in [3.05, 3.63) is 54.3 Å². The summed E-state index contributed by atoms with van der Waals surface area (Å²) in [5.74, 6) is -0.918. The van der Waals surface area contributed by atoms with Crippen molar-refractivity contribution in [3.63, 3.8) is 0 Å². The van der Waals surface area contributed by atoms with E-state index in [0.29, 0.717) is 0 Å². The number of aryl methyl sites for hydroxylation is 1. The number of nitrogens with one attached hydrogen (secondary N) is 1. The van der Waals surface area contributed by atoms with Crippen molar-refractivity contribution in [1.82, 2.24) is 9.55 Å². The molecule has 0 amide bonds. The molecule has 1 aliphatic heterocycles. The van der Waals surface area contributed by atoms with Crippen LogP contribution in [0.3, 0.4) is 0 Å². The normalized spacial score (nSPS) is 21.2. The van der Waals surface area contributed by atoms with Crippen LogP contribution < -0.4 is 16.0 Å². The number of phenolic OH excluding ortho intramolecular Hbond substituents is 1. The first-order valence-corrected chi connectivity index (χ1v) is 14.4. The maximum atomic E-state index is 12.4. The summed E-state index contributed by atoms with van der Waals surface area (Å²) < 4.78 is 34.4. The summed E-state index contributed by atoms with van der Waals surface area (Å²) in [4.78, 5) is 42.0. The number of methoxy groups -OCH3 is 1. The first-order chi connectivity index (χ1) is 19.4. The highest BCUT2D eigenvalue weighted by molar-refractivity contribution is 7.47. The van der Waals surface area contributed by atoms with E-state index < -0.39 is 50.0 Å². The minimum atomic E-state index is -4.64. The lowest BCUT2D eigenvalue weighted by molar-refractivity contribution is -0.0619. The molecule has 2 aromatic rings. The van der Waals surface area contributed by atoms with Gasteiger partial charge in [-0.05, 0) is 13.3 Å². The number of ether oxygens (including phenoxy) is 2. The number of aromatic nitrogens is 2. The number of aromatic hydroxyl groups is 1. The summed E-state index contributed by atoms with van der Waals surface area (Å²) in [7, 11) is -3.31. The molecular formula is C23H30Cl2N3O12P. The van der Waals surface area contributed by atoms with E-state index in [0.717, 1.165) is 10.8 Å². The highest BCUT2D eigenvalue weighted by Gasteiger charge is 2.40. The van der Waals surface area contributed by atoms with E-state index in [4.69, 9.17) is 51.7 Å². The van der Waals surface area contributed by atoms with Crippen LogP contribution in [0.4, 0.5) is 0 Å². The van der Waals surface area contributed by atoms with E-state index in [1.807, 2.05) is 0 Å². The zero-order valence-electron chi connectivity index (χ0n) is 21.9. The Morgan fingerprint density at radius 1 is 1.32 bits per heavy atom. The fourth-order valence-electron chi connectivity index (χ4n) is 3.78. The fraction of sp³-hybridized carbons (Fsp3) is 0.522. The van der Waals surface area contributed by atoms with Crippen LogP contribution in [0, 0.1) is 12.8 Å². The SMILES string of the molecule is COc1cc(Cl)c(C=NO[C@@H]2C[C@H](n3cc(C)c(=O)[nH]c3=O)O[C@@H]2COP(=O)(O)OC[C@@H](CO)CCO)c(Cl)c1O. The summed E-state index contributed by atoms with van der Waals surface area (Å²) in [5, 5.41) is 32.3. The third kappa shape index (κ3) is 8.53. The van der Waals surface area contributed by atoms with Gasteiger partial charge in [-0.25, -0.2) is 9.36 Å². The molecule has 0 spiro atoms. The molecule has 41 heavy (non-hydrogen) atoms. The van der Waals surface area contributed by atoms with Crippen molar-refractivity contribution in [3.8, 4) is 11.5 Å². The third-order valence-electron chi connectivity index (χ3n) is 6.10. The lowest BCUT2D eigenvalue weighted by atomic mass is 10.1. The van der Waals surface area contributed by atoms with Gasteiger partial charge >= 0.3 is 13.5 Å². The van der Waals surface area contributed by atoms with Crippen molar-refractivity contribution in [2.45, 2.75) is 38.2 Å². The third-order valence-corrected chi connectivity index (χ3v) is 7.74. The molecule has 5 N–H and O–H groups in total. The molecule has 228 valence electrons. The van der Waals surface area contributed by atoms with Gasteiger partial charge < -0.3 is 34.5 Å². The highest BCUT2D eigenvalue weighted by atomic mass is 35.5. The number of rotatable bonds is 14. The number of phenols is 1. The molecule has 1 aromatic carbocycles. The van der Waals surface area contributed by atoms with Gasteiger partial charge in [-0.2, -0.15) is 0 Å². The van der Waals surface area contributed by atoms with E-state index in [2.05, 4.69) is 10.1 Å². The Hall–Kier alpha value is -2.46. The molecular weight excluding hydrogens is 612 g/mol. The molecule has 2 heterocycles. The number of phosphoric ester groups is 1. The molecule has 1 fully saturated rings. The van der Waals surface area contributed by atoms with Crippen molar-refractivity contribution >= 4 is 37.2 Å². The average molecular weight is 642 g/mol. The van der Waals surface area contributed by atoms with E-state index >= 15 is 0 Å². The minimum absolute atomic E-state index is 0.00818. The van der Waals surface area contributed by atoms with Crippen molar-refractivity contribution < 1.29 is 48.1 Å². The average Bonchev–Trinajstić information content (AvgIpc) is 3.34. The maximum absolute atomic E-state index is 12.4. The van der Waals surface area contributed by atoms with Gasteiger partial charge in [-0.3, -0.25) is 23.4 Å². The second kappa shape index (κ2) is 14.6. The number of halogens is 2. The van der Waals surface area contributed by atoms with Crippen molar-refractivity contribution in [2.24, 2.45) is 11.1 Å². The number of aromatic amines is 1. The van der Waals surface area contributed by atoms with Crippen LogP contribution >= 0.6 is 31.0 Å². The summed E-state index contributed by atoms with van der Waals surface area (Å²) >= 11 is 12.4. The predicted octanol–water partition coefficient (Wildman–Crippen LogP) is 1.70. The number of hydrogen-bond acceptors (Lipinski definition) is 12. The number of phosphoric acid groups is 1. The van der Waals surface area contributed by atoms with Gasteiger partial charge in [0.25, 0.3) is 5.56 Å². The second-order valence-electron chi connectivity index (χ2n) is 8.98. The van der Waals surface area contributed by atoms with Gasteiger partial charge in [0.2, 0.25) is 0 Å². The van der Waals surface area contributed by atoms with Gasteiger partial charge in [0, 0.05) is 48.9 Å². The van der Waals surface area contributed by atoms with Crippen LogP contribution in [0.5, 0.6) is 11.5 Å². The first kappa shape index (κ1) is 33.0. The lowest BCUT2D eigenvalue weighted by Gasteiger charge is -2.20. The smallest absolute Gasteiger partial charge is 0.472 e. The number of H-pyrrole nitrogens is 1. The van der Waals surface area contributed by atoms with Crippen LogP contribution in [0.1, 0.15) is 30.2 Å². The van der Waals surface area contributed by atoms with E-state index in [1.165, 1.54) is 26.3 Å². The standard InChI is InChI=1S/C23H30Cl2N3O12P/c1-12-8-28(23(33)27-22(12)32)19-6-16(40-26-7-14-15(24)5-17(36-2)21(31)20(14)25)18(39-19)11-38-41(34,35)37-10-13(9-30)3-4-29/h5,7-8,13,16,18-19,29-31H,3-4,6,9-11H2,1-2H3,(H,34,35)(H,27,32,33)/t13-,16-,18-,19-/m1/s1. The van der Waals surface area contributed by atoms with Crippen LogP contribution in [-0.2, 0) is 23.2 Å². The molecule has 3 rings (SSSR count). The number of benzene rings is 1. The van der Waals surface area contributed by atoms with E-state index in [1.54, 1.807) is 0 Å². The molecule has 0 aliphatic carbocycles. The highest BCUT2D eigenvalue weighted by Crippen LogP contribution is 2.45. The van der Waals surface area contributed by atoms with Gasteiger partial charge in [-0.1, -0.05) is 28.4 Å². The zero-order valence-corrected chi connectivity index (χ0v) is 24.3. The fourth-order valence-corrected chi connectivity index (χ4v) is 5.13. The largest absolute Gasteiger partial charge is 0.503 e. The molecule has 18 heteroatoms. The second-order valence-corrected chi connectivity index (χ2v) is 11.2. The van der Waals surface area contributed by atoms with Crippen molar-refractivity contribution in [2.75, 3.05) is 33.5 Å². The number of nitrogens with zero attached hydrogens (tertiary/aromatic N) is 2. The number of oxime groups is 1.